The number of carbonyl (C=O) groups is 1. The molecule has 1 aliphatic heterocycles. The molecule has 0 spiro atoms. The zero-order valence-electron chi connectivity index (χ0n) is 11.4. The van der Waals surface area contributed by atoms with Crippen molar-refractivity contribution in [1.29, 1.82) is 0 Å². The summed E-state index contributed by atoms with van der Waals surface area (Å²) in [6, 6.07) is 6.44. The highest BCUT2D eigenvalue weighted by Crippen LogP contribution is 2.16. The van der Waals surface area contributed by atoms with Crippen LogP contribution in [0.4, 0.5) is 0 Å². The third-order valence-corrected chi connectivity index (χ3v) is 4.89. The molecule has 2 rings (SSSR count). The SMILES string of the molecule is CCN1CCOC(CS(=O)c2ccccc2C(=O)O)C1. The molecule has 1 aromatic rings. The van der Waals surface area contributed by atoms with Crippen LogP contribution in [0.2, 0.25) is 0 Å². The highest BCUT2D eigenvalue weighted by atomic mass is 32.2. The molecule has 0 aliphatic carbocycles. The third-order valence-electron chi connectivity index (χ3n) is 3.37. The fourth-order valence-corrected chi connectivity index (χ4v) is 3.62. The molecule has 6 heteroatoms. The van der Waals surface area contributed by atoms with Gasteiger partial charge in [-0.3, -0.25) is 9.11 Å². The molecule has 0 bridgehead atoms. The summed E-state index contributed by atoms with van der Waals surface area (Å²) < 4.78 is 18.0. The van der Waals surface area contributed by atoms with E-state index in [0.29, 0.717) is 17.3 Å². The molecule has 5 nitrogen and oxygen atoms in total. The van der Waals surface area contributed by atoms with Crippen LogP contribution in [0.1, 0.15) is 17.3 Å². The maximum Gasteiger partial charge on any atom is 0.336 e. The standard InChI is InChI=1S/C14H19NO4S/c1-2-15-7-8-19-11(9-15)10-20(18)13-6-4-3-5-12(13)14(16)17/h3-6,11H,2,7-10H2,1H3,(H,16,17). The first-order chi connectivity index (χ1) is 9.61. The molecule has 20 heavy (non-hydrogen) atoms. The van der Waals surface area contributed by atoms with Crippen LogP contribution in [-0.4, -0.2) is 58.3 Å². The number of carboxylic acids is 1. The van der Waals surface area contributed by atoms with Gasteiger partial charge in [0, 0.05) is 13.1 Å². The van der Waals surface area contributed by atoms with E-state index in [9.17, 15) is 9.00 Å². The Morgan fingerprint density at radius 1 is 1.50 bits per heavy atom. The second kappa shape index (κ2) is 6.97. The minimum Gasteiger partial charge on any atom is -0.478 e. The maximum absolute atomic E-state index is 12.4. The summed E-state index contributed by atoms with van der Waals surface area (Å²) in [4.78, 5) is 13.8. The number of ether oxygens (including phenoxy) is 1. The zero-order chi connectivity index (χ0) is 14.5. The Kier molecular flexibility index (Phi) is 5.28. The average molecular weight is 297 g/mol. The fraction of sp³-hybridized carbons (Fsp3) is 0.500. The Bertz CT molecular complexity index is 506. The summed E-state index contributed by atoms with van der Waals surface area (Å²) >= 11 is 0. The monoisotopic (exact) mass is 297 g/mol. The first-order valence-electron chi connectivity index (χ1n) is 6.66. The van der Waals surface area contributed by atoms with Gasteiger partial charge in [0.05, 0.1) is 39.7 Å². The molecule has 110 valence electrons. The van der Waals surface area contributed by atoms with Crippen LogP contribution in [0.3, 0.4) is 0 Å². The second-order valence-electron chi connectivity index (χ2n) is 4.70. The van der Waals surface area contributed by atoms with E-state index in [1.165, 1.54) is 6.07 Å². The lowest BCUT2D eigenvalue weighted by atomic mass is 10.2. The number of aromatic carboxylic acids is 1. The number of rotatable bonds is 5. The van der Waals surface area contributed by atoms with E-state index in [-0.39, 0.29) is 11.7 Å². The Balaban J connectivity index is 2.07. The number of hydrogen-bond donors (Lipinski definition) is 1. The molecule has 1 N–H and O–H groups in total. The first-order valence-corrected chi connectivity index (χ1v) is 7.98. The second-order valence-corrected chi connectivity index (χ2v) is 6.16. The van der Waals surface area contributed by atoms with Crippen molar-refractivity contribution in [2.45, 2.75) is 17.9 Å². The smallest absolute Gasteiger partial charge is 0.336 e. The number of carboxylic acid groups (broad SMARTS) is 1. The lowest BCUT2D eigenvalue weighted by Crippen LogP contribution is -2.44. The van der Waals surface area contributed by atoms with Crippen LogP contribution in [0.25, 0.3) is 0 Å². The van der Waals surface area contributed by atoms with E-state index >= 15 is 0 Å². The molecular formula is C14H19NO4S. The maximum atomic E-state index is 12.4. The van der Waals surface area contributed by atoms with Gasteiger partial charge in [0.25, 0.3) is 0 Å². The Morgan fingerprint density at radius 3 is 2.95 bits per heavy atom. The van der Waals surface area contributed by atoms with E-state index in [1.54, 1.807) is 18.2 Å². The summed E-state index contributed by atoms with van der Waals surface area (Å²) in [5.74, 6) is -0.713. The Morgan fingerprint density at radius 2 is 2.25 bits per heavy atom. The fourth-order valence-electron chi connectivity index (χ4n) is 2.27. The van der Waals surface area contributed by atoms with Crippen LogP contribution in [0.15, 0.2) is 29.2 Å². The Labute approximate surface area is 121 Å². The van der Waals surface area contributed by atoms with Crippen LogP contribution in [-0.2, 0) is 15.5 Å². The van der Waals surface area contributed by atoms with E-state index < -0.39 is 16.8 Å². The minimum absolute atomic E-state index is 0.105. The molecule has 1 aromatic carbocycles. The van der Waals surface area contributed by atoms with Gasteiger partial charge >= 0.3 is 5.97 Å². The largest absolute Gasteiger partial charge is 0.478 e. The summed E-state index contributed by atoms with van der Waals surface area (Å²) in [5.41, 5.74) is 0.106. The molecule has 0 amide bonds. The van der Waals surface area contributed by atoms with Gasteiger partial charge in [-0.2, -0.15) is 0 Å². The van der Waals surface area contributed by atoms with Crippen molar-refractivity contribution < 1.29 is 18.8 Å². The van der Waals surface area contributed by atoms with Crippen LogP contribution < -0.4 is 0 Å². The van der Waals surface area contributed by atoms with Gasteiger partial charge in [-0.05, 0) is 18.7 Å². The first kappa shape index (κ1) is 15.2. The highest BCUT2D eigenvalue weighted by Gasteiger charge is 2.23. The van der Waals surface area contributed by atoms with Gasteiger partial charge < -0.3 is 9.84 Å². The molecule has 1 aliphatic rings. The molecule has 1 fully saturated rings. The number of benzene rings is 1. The number of morpholine rings is 1. The van der Waals surface area contributed by atoms with E-state index in [4.69, 9.17) is 9.84 Å². The number of likely N-dealkylation sites (N-methyl/N-ethyl adjacent to an activating group) is 1. The van der Waals surface area contributed by atoms with Crippen molar-refractivity contribution in [2.75, 3.05) is 32.0 Å². The summed E-state index contributed by atoms with van der Waals surface area (Å²) in [7, 11) is -1.36. The van der Waals surface area contributed by atoms with Crippen LogP contribution in [0.5, 0.6) is 0 Å². The van der Waals surface area contributed by atoms with Crippen LogP contribution >= 0.6 is 0 Å². The van der Waals surface area contributed by atoms with Gasteiger partial charge in [0.15, 0.2) is 0 Å². The zero-order valence-corrected chi connectivity index (χ0v) is 12.3. The number of hydrogen-bond acceptors (Lipinski definition) is 4. The molecule has 2 unspecified atom stereocenters. The minimum atomic E-state index is -1.36. The predicted octanol–water partition coefficient (Wildman–Crippen LogP) is 1.21. The van der Waals surface area contributed by atoms with Crippen molar-refractivity contribution in [3.63, 3.8) is 0 Å². The van der Waals surface area contributed by atoms with Gasteiger partial charge in [-0.1, -0.05) is 19.1 Å². The van der Waals surface area contributed by atoms with Crippen molar-refractivity contribution >= 4 is 16.8 Å². The predicted molar refractivity (Wildman–Crippen MR) is 76.5 cm³/mol. The van der Waals surface area contributed by atoms with Crippen molar-refractivity contribution in [3.8, 4) is 0 Å². The lowest BCUT2D eigenvalue weighted by molar-refractivity contribution is -0.0141. The van der Waals surface area contributed by atoms with Gasteiger partial charge in [-0.25, -0.2) is 4.79 Å². The van der Waals surface area contributed by atoms with Crippen molar-refractivity contribution in [2.24, 2.45) is 0 Å². The molecule has 0 radical (unpaired) electrons. The lowest BCUT2D eigenvalue weighted by Gasteiger charge is -2.31. The van der Waals surface area contributed by atoms with Crippen LogP contribution in [0, 0.1) is 0 Å². The number of nitrogens with zero attached hydrogens (tertiary/aromatic N) is 1. The van der Waals surface area contributed by atoms with E-state index in [1.807, 2.05) is 0 Å². The third kappa shape index (κ3) is 3.65. The molecule has 1 saturated heterocycles. The molecule has 1 heterocycles. The topological polar surface area (TPSA) is 66.8 Å². The summed E-state index contributed by atoms with van der Waals surface area (Å²) in [6.45, 7) is 5.30. The molecule has 0 saturated carbocycles. The van der Waals surface area contributed by atoms with Crippen molar-refractivity contribution in [1.82, 2.24) is 4.90 Å². The molecule has 2 atom stereocenters. The van der Waals surface area contributed by atoms with Gasteiger partial charge in [0.2, 0.25) is 0 Å². The normalized spacial score (nSPS) is 21.6. The summed E-state index contributed by atoms with van der Waals surface area (Å²) in [6.07, 6.45) is -0.105. The van der Waals surface area contributed by atoms with Gasteiger partial charge in [-0.15, -0.1) is 0 Å². The average Bonchev–Trinajstić information content (AvgIpc) is 2.47. The summed E-state index contributed by atoms with van der Waals surface area (Å²) in [5, 5.41) is 9.13. The quantitative estimate of drug-likeness (QED) is 0.885. The Hall–Kier alpha value is -1.24. The molecule has 0 aromatic heterocycles. The molecular weight excluding hydrogens is 278 g/mol. The van der Waals surface area contributed by atoms with E-state index in [0.717, 1.165) is 19.6 Å². The van der Waals surface area contributed by atoms with Crippen molar-refractivity contribution in [3.05, 3.63) is 29.8 Å². The highest BCUT2D eigenvalue weighted by molar-refractivity contribution is 7.85. The van der Waals surface area contributed by atoms with Gasteiger partial charge in [0.1, 0.15) is 0 Å². The van der Waals surface area contributed by atoms with E-state index in [2.05, 4.69) is 11.8 Å².